The van der Waals surface area contributed by atoms with Crippen molar-refractivity contribution in [1.29, 1.82) is 0 Å². The topological polar surface area (TPSA) is 131 Å². The number of nitrogens with zero attached hydrogens (tertiary/aromatic N) is 2. The molecule has 8 nitrogen and oxygen atoms in total. The molecule has 0 saturated heterocycles. The highest BCUT2D eigenvalue weighted by molar-refractivity contribution is 7.09. The van der Waals surface area contributed by atoms with Gasteiger partial charge in [-0.25, -0.2) is 0 Å². The van der Waals surface area contributed by atoms with E-state index in [0.717, 1.165) is 43.6 Å². The Labute approximate surface area is 170 Å². The first-order chi connectivity index (χ1) is 13.1. The quantitative estimate of drug-likeness (QED) is 0.636. The lowest BCUT2D eigenvalue weighted by Gasteiger charge is -2.37. The fourth-order valence-electron chi connectivity index (χ4n) is 3.61. The second kappa shape index (κ2) is 8.89. The van der Waals surface area contributed by atoms with Crippen LogP contribution in [0.3, 0.4) is 0 Å². The molecule has 2 rings (SSSR count). The largest absolute Gasteiger partial charge is 0.395 e. The van der Waals surface area contributed by atoms with Crippen LogP contribution in [0.15, 0.2) is 0 Å². The number of hydrogen-bond acceptors (Lipinski definition) is 6. The number of anilines is 1. The molecule has 1 aliphatic carbocycles. The number of carbonyl (C=O) groups excluding carboxylic acids is 3. The van der Waals surface area contributed by atoms with E-state index >= 15 is 0 Å². The number of amides is 3. The first-order valence-corrected chi connectivity index (χ1v) is 10.5. The van der Waals surface area contributed by atoms with Crippen molar-refractivity contribution < 1.29 is 14.4 Å². The van der Waals surface area contributed by atoms with E-state index in [4.69, 9.17) is 11.5 Å². The zero-order valence-corrected chi connectivity index (χ0v) is 17.9. The van der Waals surface area contributed by atoms with Crippen LogP contribution in [0, 0.1) is 0 Å². The summed E-state index contributed by atoms with van der Waals surface area (Å²) in [6.07, 6.45) is 5.01. The maximum atomic E-state index is 13.5. The van der Waals surface area contributed by atoms with Gasteiger partial charge in [0.05, 0.1) is 5.69 Å². The standard InChI is InChI=1S/C19H31N5O3S/c1-5-8-12(17(26)22-19(2,3)4)24(11-9-6-7-10-11)18(27)15-13(20)14(16(21)25)23-28-15/h11-12H,5-10,20H2,1-4H3,(H2,21,25)(H,22,26)/t12-/m0/s1. The maximum Gasteiger partial charge on any atom is 0.270 e. The summed E-state index contributed by atoms with van der Waals surface area (Å²) in [7, 11) is 0. The van der Waals surface area contributed by atoms with Crippen molar-refractivity contribution in [1.82, 2.24) is 14.6 Å². The zero-order valence-electron chi connectivity index (χ0n) is 17.1. The van der Waals surface area contributed by atoms with Gasteiger partial charge >= 0.3 is 0 Å². The monoisotopic (exact) mass is 409 g/mol. The number of primary amides is 1. The molecule has 0 aromatic carbocycles. The molecule has 0 aliphatic heterocycles. The fourth-order valence-corrected chi connectivity index (χ4v) is 4.36. The highest BCUT2D eigenvalue weighted by Crippen LogP contribution is 2.31. The van der Waals surface area contributed by atoms with Crippen molar-refractivity contribution in [3.63, 3.8) is 0 Å². The van der Waals surface area contributed by atoms with Gasteiger partial charge in [-0.05, 0) is 51.6 Å². The molecule has 1 aliphatic rings. The average molecular weight is 410 g/mol. The Morgan fingerprint density at radius 1 is 1.29 bits per heavy atom. The minimum Gasteiger partial charge on any atom is -0.395 e. The summed E-state index contributed by atoms with van der Waals surface area (Å²) < 4.78 is 3.95. The number of nitrogens with two attached hydrogens (primary N) is 2. The highest BCUT2D eigenvalue weighted by Gasteiger charge is 2.39. The van der Waals surface area contributed by atoms with Crippen molar-refractivity contribution >= 4 is 34.9 Å². The van der Waals surface area contributed by atoms with Gasteiger partial charge in [-0.1, -0.05) is 26.2 Å². The van der Waals surface area contributed by atoms with Gasteiger partial charge in [0.15, 0.2) is 5.69 Å². The van der Waals surface area contributed by atoms with Crippen molar-refractivity contribution in [2.75, 3.05) is 5.73 Å². The second-order valence-electron chi connectivity index (χ2n) is 8.33. The average Bonchev–Trinajstić information content (AvgIpc) is 3.22. The lowest BCUT2D eigenvalue weighted by atomic mass is 10.0. The van der Waals surface area contributed by atoms with Crippen molar-refractivity contribution in [3.05, 3.63) is 10.6 Å². The molecule has 0 bridgehead atoms. The molecule has 0 unspecified atom stereocenters. The molecule has 1 aromatic rings. The van der Waals surface area contributed by atoms with E-state index in [9.17, 15) is 14.4 Å². The summed E-state index contributed by atoms with van der Waals surface area (Å²) in [6, 6.07) is -0.633. The molecular formula is C19H31N5O3S. The van der Waals surface area contributed by atoms with Crippen molar-refractivity contribution in [3.8, 4) is 0 Å². The molecule has 1 aromatic heterocycles. The number of hydrogen-bond donors (Lipinski definition) is 3. The minimum absolute atomic E-state index is 0.00280. The van der Waals surface area contributed by atoms with Crippen LogP contribution in [0.2, 0.25) is 0 Å². The van der Waals surface area contributed by atoms with Gasteiger partial charge in [0, 0.05) is 11.6 Å². The molecule has 0 radical (unpaired) electrons. The third-order valence-corrected chi connectivity index (χ3v) is 5.66. The smallest absolute Gasteiger partial charge is 0.270 e. The number of nitrogens with one attached hydrogen (secondary N) is 1. The van der Waals surface area contributed by atoms with Gasteiger partial charge in [0.1, 0.15) is 10.9 Å². The van der Waals surface area contributed by atoms with Crippen LogP contribution in [0.1, 0.15) is 86.4 Å². The van der Waals surface area contributed by atoms with Gasteiger partial charge in [-0.2, -0.15) is 4.37 Å². The zero-order chi connectivity index (χ0) is 21.1. The molecule has 1 atom stereocenters. The molecule has 5 N–H and O–H groups in total. The molecule has 1 fully saturated rings. The molecule has 1 heterocycles. The summed E-state index contributed by atoms with van der Waals surface area (Å²) >= 11 is 0.861. The summed E-state index contributed by atoms with van der Waals surface area (Å²) in [5.74, 6) is -1.29. The molecule has 1 saturated carbocycles. The van der Waals surface area contributed by atoms with E-state index in [-0.39, 0.29) is 34.1 Å². The Morgan fingerprint density at radius 2 is 1.89 bits per heavy atom. The van der Waals surface area contributed by atoms with E-state index in [1.165, 1.54) is 0 Å². The van der Waals surface area contributed by atoms with Crippen LogP contribution in [0.25, 0.3) is 0 Å². The number of carbonyl (C=O) groups is 3. The Morgan fingerprint density at radius 3 is 2.36 bits per heavy atom. The number of nitrogen functional groups attached to an aromatic ring is 1. The lowest BCUT2D eigenvalue weighted by Crippen LogP contribution is -2.56. The third kappa shape index (κ3) is 5.01. The molecule has 28 heavy (non-hydrogen) atoms. The minimum atomic E-state index is -0.768. The maximum absolute atomic E-state index is 13.5. The summed E-state index contributed by atoms with van der Waals surface area (Å²) in [5.41, 5.74) is 10.8. The number of rotatable bonds is 7. The Hall–Kier alpha value is -2.16. The Balaban J connectivity index is 2.43. The third-order valence-electron chi connectivity index (χ3n) is 4.81. The summed E-state index contributed by atoms with van der Waals surface area (Å²) in [5, 5.41) is 3.00. The van der Waals surface area contributed by atoms with Crippen LogP contribution in [0.5, 0.6) is 0 Å². The van der Waals surface area contributed by atoms with Gasteiger partial charge in [0.2, 0.25) is 5.91 Å². The fraction of sp³-hybridized carbons (Fsp3) is 0.684. The SMILES string of the molecule is CCC[C@@H](C(=O)NC(C)(C)C)N(C(=O)c1snc(C(N)=O)c1N)C1CCCC1. The normalized spacial score (nSPS) is 16.0. The van der Waals surface area contributed by atoms with E-state index < -0.39 is 17.5 Å². The predicted octanol–water partition coefficient (Wildman–Crippen LogP) is 2.29. The van der Waals surface area contributed by atoms with Crippen LogP contribution in [-0.4, -0.2) is 44.6 Å². The van der Waals surface area contributed by atoms with Crippen LogP contribution < -0.4 is 16.8 Å². The van der Waals surface area contributed by atoms with Crippen LogP contribution in [0.4, 0.5) is 5.69 Å². The van der Waals surface area contributed by atoms with Gasteiger partial charge in [0.25, 0.3) is 11.8 Å². The summed E-state index contributed by atoms with van der Waals surface area (Å²) in [6.45, 7) is 7.72. The van der Waals surface area contributed by atoms with E-state index in [2.05, 4.69) is 9.69 Å². The first-order valence-electron chi connectivity index (χ1n) is 9.76. The van der Waals surface area contributed by atoms with Gasteiger partial charge < -0.3 is 21.7 Å². The van der Waals surface area contributed by atoms with Crippen molar-refractivity contribution in [2.24, 2.45) is 5.73 Å². The van der Waals surface area contributed by atoms with E-state index in [0.29, 0.717) is 6.42 Å². The Bertz CT molecular complexity index is 734. The molecule has 156 valence electrons. The molecule has 9 heteroatoms. The molecular weight excluding hydrogens is 378 g/mol. The Kier molecular flexibility index (Phi) is 7.03. The van der Waals surface area contributed by atoms with Crippen molar-refractivity contribution in [2.45, 2.75) is 83.8 Å². The molecule has 3 amide bonds. The van der Waals surface area contributed by atoms with Gasteiger partial charge in [-0.3, -0.25) is 14.4 Å². The highest BCUT2D eigenvalue weighted by atomic mass is 32.1. The molecule has 0 spiro atoms. The van der Waals surface area contributed by atoms with E-state index in [1.54, 1.807) is 4.90 Å². The first kappa shape index (κ1) is 22.1. The van der Waals surface area contributed by atoms with E-state index in [1.807, 2.05) is 27.7 Å². The van der Waals surface area contributed by atoms with Crippen LogP contribution >= 0.6 is 11.5 Å². The second-order valence-corrected chi connectivity index (χ2v) is 9.11. The van der Waals surface area contributed by atoms with Crippen LogP contribution in [-0.2, 0) is 4.79 Å². The summed E-state index contributed by atoms with van der Waals surface area (Å²) in [4.78, 5) is 39.8. The lowest BCUT2D eigenvalue weighted by molar-refractivity contribution is -0.128. The predicted molar refractivity (Wildman–Crippen MR) is 110 cm³/mol. The number of aromatic nitrogens is 1. The van der Waals surface area contributed by atoms with Gasteiger partial charge in [-0.15, -0.1) is 0 Å².